The topological polar surface area (TPSA) is 9.23 Å². The summed E-state index contributed by atoms with van der Waals surface area (Å²) in [5.74, 6) is 0.879. The van der Waals surface area contributed by atoms with Gasteiger partial charge in [0.25, 0.3) is 0 Å². The van der Waals surface area contributed by atoms with Crippen LogP contribution in [0.3, 0.4) is 0 Å². The Morgan fingerprint density at radius 2 is 1.94 bits per heavy atom. The molecule has 2 heteroatoms. The second-order valence-electron chi connectivity index (χ2n) is 3.98. The van der Waals surface area contributed by atoms with Crippen molar-refractivity contribution < 1.29 is 4.74 Å². The van der Waals surface area contributed by atoms with E-state index in [1.165, 1.54) is 11.1 Å². The van der Waals surface area contributed by atoms with Crippen LogP contribution in [-0.2, 0) is 0 Å². The third kappa shape index (κ3) is 3.46. The highest BCUT2D eigenvalue weighted by Crippen LogP contribution is 2.25. The maximum absolute atomic E-state index is 5.17. The number of thiol groups is 1. The molecule has 0 atom stereocenters. The van der Waals surface area contributed by atoms with Crippen molar-refractivity contribution in [2.24, 2.45) is 0 Å². The van der Waals surface area contributed by atoms with Gasteiger partial charge in [0.05, 0.1) is 7.11 Å². The van der Waals surface area contributed by atoms with Crippen LogP contribution in [0, 0.1) is 6.92 Å². The lowest BCUT2D eigenvalue weighted by atomic mass is 10.1. The van der Waals surface area contributed by atoms with Crippen LogP contribution in [0.5, 0.6) is 5.75 Å². The lowest BCUT2D eigenvalue weighted by Gasteiger charge is -2.07. The Labute approximate surface area is 103 Å². The molecule has 0 unspecified atom stereocenters. The molecule has 1 rings (SSSR count). The standard InChI is InChI=1S/C14H18OS/c1-10(2)5-8-14(16)13-7-6-12(15-4)9-11(13)3/h5-9,16H,1-4H3/b14-8-. The third-order valence-corrected chi connectivity index (χ3v) is 2.67. The SMILES string of the molecule is COc1ccc(/C(S)=C/C=C(C)C)c(C)c1. The van der Waals surface area contributed by atoms with Crippen LogP contribution in [-0.4, -0.2) is 7.11 Å². The van der Waals surface area contributed by atoms with E-state index in [4.69, 9.17) is 4.74 Å². The normalized spacial score (nSPS) is 11.2. The molecule has 1 aromatic rings. The molecular weight excluding hydrogens is 216 g/mol. The molecule has 86 valence electrons. The first-order valence-electron chi connectivity index (χ1n) is 5.23. The Balaban J connectivity index is 3.05. The fourth-order valence-corrected chi connectivity index (χ4v) is 1.71. The number of methoxy groups -OCH3 is 1. The zero-order valence-electron chi connectivity index (χ0n) is 10.2. The number of hydrogen-bond donors (Lipinski definition) is 1. The first-order valence-corrected chi connectivity index (χ1v) is 5.68. The number of hydrogen-bond acceptors (Lipinski definition) is 2. The van der Waals surface area contributed by atoms with E-state index >= 15 is 0 Å². The summed E-state index contributed by atoms with van der Waals surface area (Å²) in [5, 5.41) is 0. The molecule has 0 N–H and O–H groups in total. The minimum Gasteiger partial charge on any atom is -0.497 e. The Morgan fingerprint density at radius 1 is 1.25 bits per heavy atom. The lowest BCUT2D eigenvalue weighted by molar-refractivity contribution is 0.414. The van der Waals surface area contributed by atoms with Gasteiger partial charge >= 0.3 is 0 Å². The molecule has 0 fully saturated rings. The van der Waals surface area contributed by atoms with Crippen molar-refractivity contribution in [1.29, 1.82) is 0 Å². The zero-order chi connectivity index (χ0) is 12.1. The summed E-state index contributed by atoms with van der Waals surface area (Å²) < 4.78 is 5.17. The Bertz CT molecular complexity index is 426. The summed E-state index contributed by atoms with van der Waals surface area (Å²) in [6.07, 6.45) is 4.08. The molecule has 0 amide bonds. The van der Waals surface area contributed by atoms with E-state index in [1.807, 2.05) is 24.3 Å². The Kier molecular flexibility index (Phi) is 4.69. The average Bonchev–Trinajstić information content (AvgIpc) is 2.25. The molecule has 1 nitrogen and oxygen atoms in total. The molecule has 1 aromatic carbocycles. The van der Waals surface area contributed by atoms with Crippen LogP contribution in [0.25, 0.3) is 4.91 Å². The summed E-state index contributed by atoms with van der Waals surface area (Å²) in [7, 11) is 1.68. The second-order valence-corrected chi connectivity index (χ2v) is 4.46. The summed E-state index contributed by atoms with van der Waals surface area (Å²) in [6.45, 7) is 6.20. The smallest absolute Gasteiger partial charge is 0.119 e. The number of aryl methyl sites for hydroxylation is 1. The average molecular weight is 234 g/mol. The van der Waals surface area contributed by atoms with Crippen LogP contribution in [0.4, 0.5) is 0 Å². The van der Waals surface area contributed by atoms with Crippen LogP contribution < -0.4 is 4.74 Å². The molecule has 0 bridgehead atoms. The van der Waals surface area contributed by atoms with Gasteiger partial charge in [0, 0.05) is 4.91 Å². The van der Waals surface area contributed by atoms with E-state index in [2.05, 4.69) is 39.5 Å². The molecule has 0 heterocycles. The van der Waals surface area contributed by atoms with Crippen molar-refractivity contribution in [2.45, 2.75) is 20.8 Å². The lowest BCUT2D eigenvalue weighted by Crippen LogP contribution is -1.88. The second kappa shape index (κ2) is 5.80. The Morgan fingerprint density at radius 3 is 2.44 bits per heavy atom. The summed E-state index contributed by atoms with van der Waals surface area (Å²) in [5.41, 5.74) is 3.57. The molecule has 0 aromatic heterocycles. The van der Waals surface area contributed by atoms with E-state index in [-0.39, 0.29) is 0 Å². The molecule has 0 aliphatic carbocycles. The molecule has 0 spiro atoms. The molecule has 16 heavy (non-hydrogen) atoms. The van der Waals surface area contributed by atoms with Crippen LogP contribution >= 0.6 is 12.6 Å². The van der Waals surface area contributed by atoms with Crippen molar-refractivity contribution >= 4 is 17.5 Å². The van der Waals surface area contributed by atoms with Crippen LogP contribution in [0.15, 0.2) is 35.9 Å². The van der Waals surface area contributed by atoms with Gasteiger partial charge in [0.15, 0.2) is 0 Å². The molecule has 0 saturated heterocycles. The largest absolute Gasteiger partial charge is 0.497 e. The van der Waals surface area contributed by atoms with Gasteiger partial charge in [-0.2, -0.15) is 0 Å². The predicted octanol–water partition coefficient (Wildman–Crippen LogP) is 4.24. The molecule has 0 aliphatic rings. The molecular formula is C14H18OS. The van der Waals surface area contributed by atoms with Gasteiger partial charge in [-0.3, -0.25) is 0 Å². The van der Waals surface area contributed by atoms with Gasteiger partial charge in [-0.05, 0) is 56.2 Å². The number of benzene rings is 1. The number of allylic oxidation sites excluding steroid dienone is 3. The van der Waals surface area contributed by atoms with Crippen molar-refractivity contribution in [3.63, 3.8) is 0 Å². The van der Waals surface area contributed by atoms with Crippen LogP contribution in [0.1, 0.15) is 25.0 Å². The maximum Gasteiger partial charge on any atom is 0.119 e. The zero-order valence-corrected chi connectivity index (χ0v) is 11.1. The molecule has 0 radical (unpaired) electrons. The monoisotopic (exact) mass is 234 g/mol. The minimum absolute atomic E-state index is 0.879. The van der Waals surface area contributed by atoms with Gasteiger partial charge in [-0.25, -0.2) is 0 Å². The first-order chi connectivity index (χ1) is 7.54. The van der Waals surface area contributed by atoms with E-state index in [9.17, 15) is 0 Å². The van der Waals surface area contributed by atoms with Crippen LogP contribution in [0.2, 0.25) is 0 Å². The van der Waals surface area contributed by atoms with Crippen molar-refractivity contribution in [3.8, 4) is 5.75 Å². The highest BCUT2D eigenvalue weighted by molar-refractivity contribution is 7.90. The van der Waals surface area contributed by atoms with Crippen molar-refractivity contribution in [3.05, 3.63) is 47.1 Å². The van der Waals surface area contributed by atoms with E-state index in [0.717, 1.165) is 16.2 Å². The quantitative estimate of drug-likeness (QED) is 0.608. The fourth-order valence-electron chi connectivity index (χ4n) is 1.39. The van der Waals surface area contributed by atoms with Gasteiger partial charge in [0.2, 0.25) is 0 Å². The third-order valence-electron chi connectivity index (χ3n) is 2.28. The van der Waals surface area contributed by atoms with Crippen molar-refractivity contribution in [1.82, 2.24) is 0 Å². The van der Waals surface area contributed by atoms with E-state index in [0.29, 0.717) is 0 Å². The van der Waals surface area contributed by atoms with E-state index in [1.54, 1.807) is 7.11 Å². The highest BCUT2D eigenvalue weighted by atomic mass is 32.1. The van der Waals surface area contributed by atoms with Gasteiger partial charge in [0.1, 0.15) is 5.75 Å². The first kappa shape index (κ1) is 12.9. The molecule has 0 saturated carbocycles. The summed E-state index contributed by atoms with van der Waals surface area (Å²) in [4.78, 5) is 0.973. The highest BCUT2D eigenvalue weighted by Gasteiger charge is 2.02. The minimum atomic E-state index is 0.879. The molecule has 0 aliphatic heterocycles. The predicted molar refractivity (Wildman–Crippen MR) is 74.1 cm³/mol. The fraction of sp³-hybridized carbons (Fsp3) is 0.286. The van der Waals surface area contributed by atoms with Gasteiger partial charge in [-0.1, -0.05) is 11.6 Å². The number of ether oxygens (including phenoxy) is 1. The summed E-state index contributed by atoms with van der Waals surface area (Å²) in [6, 6.07) is 6.00. The van der Waals surface area contributed by atoms with E-state index < -0.39 is 0 Å². The van der Waals surface area contributed by atoms with Gasteiger partial charge in [-0.15, -0.1) is 12.6 Å². The van der Waals surface area contributed by atoms with Gasteiger partial charge < -0.3 is 4.74 Å². The maximum atomic E-state index is 5.17. The summed E-state index contributed by atoms with van der Waals surface area (Å²) >= 11 is 4.50. The Hall–Kier alpha value is -1.15. The number of rotatable bonds is 3. The van der Waals surface area contributed by atoms with Crippen molar-refractivity contribution in [2.75, 3.05) is 7.11 Å².